The number of hydrogen-bond acceptors (Lipinski definition) is 4. The SMILES string of the molecule is COc1ccc(-c2ccc(C[C@H](NC(=O)CCC(C)C)C(=O)N[C@@H](CC(C)C)C(N)=O)cc2)cc1. The van der Waals surface area contributed by atoms with Crippen LogP contribution in [0, 0.1) is 11.8 Å². The Morgan fingerprint density at radius 3 is 1.89 bits per heavy atom. The number of methoxy groups -OCH3 is 1. The van der Waals surface area contributed by atoms with E-state index in [9.17, 15) is 14.4 Å². The molecule has 2 atom stereocenters. The molecule has 0 heterocycles. The molecule has 0 aliphatic rings. The molecule has 0 aromatic heterocycles. The van der Waals surface area contributed by atoms with Crippen LogP contribution < -0.4 is 21.1 Å². The highest BCUT2D eigenvalue weighted by Crippen LogP contribution is 2.23. The molecule has 7 nitrogen and oxygen atoms in total. The maximum atomic E-state index is 13.1. The quantitative estimate of drug-likeness (QED) is 0.404. The number of carbonyl (C=O) groups excluding carboxylic acids is 3. The molecule has 2 aromatic rings. The van der Waals surface area contributed by atoms with Gasteiger partial charge in [-0.3, -0.25) is 14.4 Å². The van der Waals surface area contributed by atoms with Gasteiger partial charge < -0.3 is 21.1 Å². The van der Waals surface area contributed by atoms with Gasteiger partial charge in [0.05, 0.1) is 7.11 Å². The number of primary amides is 1. The van der Waals surface area contributed by atoms with Crippen molar-refractivity contribution in [1.82, 2.24) is 10.6 Å². The van der Waals surface area contributed by atoms with E-state index in [2.05, 4.69) is 10.6 Å². The average molecular weight is 482 g/mol. The minimum atomic E-state index is -0.810. The van der Waals surface area contributed by atoms with E-state index >= 15 is 0 Å². The van der Waals surface area contributed by atoms with Crippen LogP contribution in [-0.2, 0) is 20.8 Å². The smallest absolute Gasteiger partial charge is 0.243 e. The van der Waals surface area contributed by atoms with Crippen molar-refractivity contribution < 1.29 is 19.1 Å². The lowest BCUT2D eigenvalue weighted by atomic mass is 9.99. The Morgan fingerprint density at radius 2 is 1.40 bits per heavy atom. The summed E-state index contributed by atoms with van der Waals surface area (Å²) in [5.41, 5.74) is 8.48. The van der Waals surface area contributed by atoms with E-state index in [4.69, 9.17) is 10.5 Å². The van der Waals surface area contributed by atoms with Crippen LogP contribution in [0.1, 0.15) is 52.5 Å². The van der Waals surface area contributed by atoms with Crippen LogP contribution in [0.25, 0.3) is 11.1 Å². The first-order chi connectivity index (χ1) is 16.6. The molecule has 35 heavy (non-hydrogen) atoms. The van der Waals surface area contributed by atoms with E-state index in [1.54, 1.807) is 7.11 Å². The van der Waals surface area contributed by atoms with Gasteiger partial charge in [0.15, 0.2) is 0 Å². The molecular formula is C28H39N3O4. The molecule has 190 valence electrons. The average Bonchev–Trinajstić information content (AvgIpc) is 2.82. The summed E-state index contributed by atoms with van der Waals surface area (Å²) >= 11 is 0. The molecule has 2 aromatic carbocycles. The molecule has 0 bridgehead atoms. The zero-order valence-corrected chi connectivity index (χ0v) is 21.5. The van der Waals surface area contributed by atoms with Crippen LogP contribution in [0.5, 0.6) is 5.75 Å². The molecule has 0 spiro atoms. The summed E-state index contributed by atoms with van der Waals surface area (Å²) in [6.45, 7) is 8.01. The maximum Gasteiger partial charge on any atom is 0.243 e. The van der Waals surface area contributed by atoms with E-state index in [1.807, 2.05) is 76.2 Å². The summed E-state index contributed by atoms with van der Waals surface area (Å²) in [5.74, 6) is 0.167. The molecule has 0 saturated carbocycles. The number of ether oxygens (including phenoxy) is 1. The van der Waals surface area contributed by atoms with Gasteiger partial charge in [-0.25, -0.2) is 0 Å². The first-order valence-electron chi connectivity index (χ1n) is 12.2. The van der Waals surface area contributed by atoms with Gasteiger partial charge in [-0.2, -0.15) is 0 Å². The molecule has 0 unspecified atom stereocenters. The van der Waals surface area contributed by atoms with Crippen molar-refractivity contribution in [2.45, 2.75) is 65.5 Å². The minimum absolute atomic E-state index is 0.178. The summed E-state index contributed by atoms with van der Waals surface area (Å²) in [6, 6.07) is 14.0. The van der Waals surface area contributed by atoms with Crippen LogP contribution in [0.4, 0.5) is 0 Å². The molecule has 3 amide bonds. The van der Waals surface area contributed by atoms with E-state index in [-0.39, 0.29) is 11.8 Å². The van der Waals surface area contributed by atoms with Crippen molar-refractivity contribution in [3.05, 3.63) is 54.1 Å². The van der Waals surface area contributed by atoms with Crippen molar-refractivity contribution in [3.63, 3.8) is 0 Å². The molecule has 0 fully saturated rings. The standard InChI is InChI=1S/C28H39N3O4/c1-18(2)6-15-26(32)30-25(28(34)31-24(27(29)33)16-19(3)4)17-20-7-9-21(10-8-20)22-11-13-23(35-5)14-12-22/h7-14,18-19,24-25H,6,15-17H2,1-5H3,(H2,29,33)(H,30,32)(H,31,34)/t24-,25-/m0/s1. The Balaban J connectivity index is 2.17. The van der Waals surface area contributed by atoms with E-state index < -0.39 is 23.9 Å². The molecule has 0 aliphatic carbocycles. The first-order valence-corrected chi connectivity index (χ1v) is 12.2. The third kappa shape index (κ3) is 9.43. The van der Waals surface area contributed by atoms with E-state index in [1.165, 1.54) is 0 Å². The van der Waals surface area contributed by atoms with Crippen LogP contribution in [0.2, 0.25) is 0 Å². The van der Waals surface area contributed by atoms with Gasteiger partial charge in [0.2, 0.25) is 17.7 Å². The zero-order chi connectivity index (χ0) is 26.0. The number of hydrogen-bond donors (Lipinski definition) is 3. The van der Waals surface area contributed by atoms with Gasteiger partial charge in [0.25, 0.3) is 0 Å². The van der Waals surface area contributed by atoms with E-state index in [0.29, 0.717) is 25.2 Å². The summed E-state index contributed by atoms with van der Waals surface area (Å²) in [7, 11) is 1.63. The summed E-state index contributed by atoms with van der Waals surface area (Å²) in [4.78, 5) is 37.5. The molecule has 2 rings (SSSR count). The largest absolute Gasteiger partial charge is 0.497 e. The zero-order valence-electron chi connectivity index (χ0n) is 21.5. The van der Waals surface area contributed by atoms with Gasteiger partial charge in [0, 0.05) is 12.8 Å². The molecule has 7 heteroatoms. The fourth-order valence-electron chi connectivity index (χ4n) is 3.74. The van der Waals surface area contributed by atoms with Crippen LogP contribution >= 0.6 is 0 Å². The number of benzene rings is 2. The Morgan fingerprint density at radius 1 is 0.829 bits per heavy atom. The van der Waals surface area contributed by atoms with Crippen LogP contribution in [-0.4, -0.2) is 36.9 Å². The Labute approximate surface area is 208 Å². The Kier molecular flexibility index (Phi) is 10.8. The molecular weight excluding hydrogens is 442 g/mol. The highest BCUT2D eigenvalue weighted by molar-refractivity contribution is 5.91. The minimum Gasteiger partial charge on any atom is -0.497 e. The van der Waals surface area contributed by atoms with Gasteiger partial charge in [-0.1, -0.05) is 64.1 Å². The van der Waals surface area contributed by atoms with Crippen molar-refractivity contribution >= 4 is 17.7 Å². The van der Waals surface area contributed by atoms with Crippen LogP contribution in [0.15, 0.2) is 48.5 Å². The highest BCUT2D eigenvalue weighted by Gasteiger charge is 2.26. The number of nitrogens with two attached hydrogens (primary N) is 1. The lowest BCUT2D eigenvalue weighted by Crippen LogP contribution is -2.54. The fourth-order valence-corrected chi connectivity index (χ4v) is 3.74. The molecule has 0 aliphatic heterocycles. The normalized spacial score (nSPS) is 12.8. The van der Waals surface area contributed by atoms with E-state index in [0.717, 1.165) is 28.9 Å². The highest BCUT2D eigenvalue weighted by atomic mass is 16.5. The Hall–Kier alpha value is -3.35. The Bertz CT molecular complexity index is 969. The first kappa shape index (κ1) is 27.9. The summed E-state index contributed by atoms with van der Waals surface area (Å²) < 4.78 is 5.21. The maximum absolute atomic E-state index is 13.1. The number of nitrogens with one attached hydrogen (secondary N) is 2. The van der Waals surface area contributed by atoms with Crippen LogP contribution in [0.3, 0.4) is 0 Å². The molecule has 0 saturated heterocycles. The monoisotopic (exact) mass is 481 g/mol. The number of carbonyl (C=O) groups is 3. The topological polar surface area (TPSA) is 111 Å². The predicted molar refractivity (Wildman–Crippen MR) is 139 cm³/mol. The van der Waals surface area contributed by atoms with Crippen molar-refractivity contribution in [3.8, 4) is 16.9 Å². The van der Waals surface area contributed by atoms with Crippen molar-refractivity contribution in [1.29, 1.82) is 0 Å². The van der Waals surface area contributed by atoms with Crippen molar-refractivity contribution in [2.75, 3.05) is 7.11 Å². The third-order valence-corrected chi connectivity index (χ3v) is 5.78. The fraction of sp³-hybridized carbons (Fsp3) is 0.464. The summed E-state index contributed by atoms with van der Waals surface area (Å²) in [5, 5.41) is 5.61. The second-order valence-electron chi connectivity index (χ2n) is 9.78. The van der Waals surface area contributed by atoms with Crippen molar-refractivity contribution in [2.24, 2.45) is 17.6 Å². The van der Waals surface area contributed by atoms with Gasteiger partial charge in [0.1, 0.15) is 17.8 Å². The second kappa shape index (κ2) is 13.5. The predicted octanol–water partition coefficient (Wildman–Crippen LogP) is 3.84. The third-order valence-electron chi connectivity index (χ3n) is 5.78. The van der Waals surface area contributed by atoms with Gasteiger partial charge >= 0.3 is 0 Å². The molecule has 4 N–H and O–H groups in total. The lowest BCUT2D eigenvalue weighted by molar-refractivity contribution is -0.131. The number of rotatable bonds is 13. The summed E-state index contributed by atoms with van der Waals surface area (Å²) in [6.07, 6.45) is 1.80. The molecule has 0 radical (unpaired) electrons. The van der Waals surface area contributed by atoms with Gasteiger partial charge in [-0.05, 0) is 53.5 Å². The lowest BCUT2D eigenvalue weighted by Gasteiger charge is -2.23. The number of amides is 3. The second-order valence-corrected chi connectivity index (χ2v) is 9.78. The van der Waals surface area contributed by atoms with Gasteiger partial charge in [-0.15, -0.1) is 0 Å².